The van der Waals surface area contributed by atoms with Gasteiger partial charge in [0.1, 0.15) is 0 Å². The van der Waals surface area contributed by atoms with Gasteiger partial charge in [0, 0.05) is 11.3 Å². The van der Waals surface area contributed by atoms with Crippen LogP contribution in [0.2, 0.25) is 0 Å². The molecule has 0 atom stereocenters. The number of benzene rings is 3. The molecule has 4 rings (SSSR count). The predicted molar refractivity (Wildman–Crippen MR) is 120 cm³/mol. The van der Waals surface area contributed by atoms with Crippen molar-refractivity contribution in [3.05, 3.63) is 94.8 Å². The summed E-state index contributed by atoms with van der Waals surface area (Å²) in [5.41, 5.74) is 6.87. The molecule has 3 aromatic carbocycles. The van der Waals surface area contributed by atoms with Crippen molar-refractivity contribution >= 4 is 11.6 Å². The monoisotopic (exact) mass is 396 g/mol. The zero-order valence-corrected chi connectivity index (χ0v) is 17.6. The summed E-state index contributed by atoms with van der Waals surface area (Å²) in [5, 5.41) is 7.54. The van der Waals surface area contributed by atoms with Gasteiger partial charge in [-0.15, -0.1) is 5.10 Å². The molecule has 0 saturated carbocycles. The third-order valence-electron chi connectivity index (χ3n) is 5.12. The van der Waals surface area contributed by atoms with E-state index in [0.717, 1.165) is 39.2 Å². The SMILES string of the molecule is Cc1ccc(-c2nc(C(=O)Nc3c(C)cccc3C)nn2-c2ccc(C)cc2)cc1. The molecule has 0 spiro atoms. The second-order valence-corrected chi connectivity index (χ2v) is 7.59. The summed E-state index contributed by atoms with van der Waals surface area (Å²) in [4.78, 5) is 17.6. The highest BCUT2D eigenvalue weighted by Crippen LogP contribution is 2.24. The molecule has 0 fully saturated rings. The van der Waals surface area contributed by atoms with Crippen LogP contribution in [0.4, 0.5) is 5.69 Å². The Morgan fingerprint density at radius 1 is 0.800 bits per heavy atom. The third kappa shape index (κ3) is 3.87. The number of rotatable bonds is 4. The number of aryl methyl sites for hydroxylation is 4. The highest BCUT2D eigenvalue weighted by Gasteiger charge is 2.20. The molecule has 0 radical (unpaired) electrons. The van der Waals surface area contributed by atoms with Gasteiger partial charge < -0.3 is 5.32 Å². The summed E-state index contributed by atoms with van der Waals surface area (Å²) in [5.74, 6) is 0.436. The van der Waals surface area contributed by atoms with E-state index in [0.29, 0.717) is 5.82 Å². The Labute approximate surface area is 176 Å². The van der Waals surface area contributed by atoms with Gasteiger partial charge in [-0.3, -0.25) is 4.79 Å². The summed E-state index contributed by atoms with van der Waals surface area (Å²) in [6, 6.07) is 22.0. The fourth-order valence-corrected chi connectivity index (χ4v) is 3.34. The maximum Gasteiger partial charge on any atom is 0.295 e. The standard InChI is InChI=1S/C25H24N4O/c1-16-8-12-20(13-9-16)24-27-23(28-29(24)21-14-10-17(2)11-15-21)25(30)26-22-18(3)6-5-7-19(22)4/h5-15H,1-4H3,(H,26,30). The van der Waals surface area contributed by atoms with Crippen molar-refractivity contribution in [3.8, 4) is 17.1 Å². The van der Waals surface area contributed by atoms with Crippen LogP contribution in [-0.4, -0.2) is 20.7 Å². The van der Waals surface area contributed by atoms with Crippen molar-refractivity contribution in [1.29, 1.82) is 0 Å². The van der Waals surface area contributed by atoms with Crippen molar-refractivity contribution < 1.29 is 4.79 Å². The van der Waals surface area contributed by atoms with Crippen molar-refractivity contribution in [2.75, 3.05) is 5.32 Å². The van der Waals surface area contributed by atoms with Gasteiger partial charge in [0.25, 0.3) is 5.91 Å². The number of nitrogens with zero attached hydrogens (tertiary/aromatic N) is 3. The van der Waals surface area contributed by atoms with E-state index in [1.807, 2.05) is 94.4 Å². The number of hydrogen-bond donors (Lipinski definition) is 1. The van der Waals surface area contributed by atoms with E-state index in [4.69, 9.17) is 0 Å². The predicted octanol–water partition coefficient (Wildman–Crippen LogP) is 5.42. The molecule has 0 saturated heterocycles. The van der Waals surface area contributed by atoms with Crippen molar-refractivity contribution in [3.63, 3.8) is 0 Å². The van der Waals surface area contributed by atoms with E-state index < -0.39 is 0 Å². The number of carbonyl (C=O) groups excluding carboxylic acids is 1. The van der Waals surface area contributed by atoms with Crippen molar-refractivity contribution in [1.82, 2.24) is 14.8 Å². The molecule has 0 aliphatic rings. The topological polar surface area (TPSA) is 59.8 Å². The Hall–Kier alpha value is -3.73. The lowest BCUT2D eigenvalue weighted by molar-refractivity contribution is 0.101. The van der Waals surface area contributed by atoms with Gasteiger partial charge in [-0.25, -0.2) is 9.67 Å². The summed E-state index contributed by atoms with van der Waals surface area (Å²) in [6.45, 7) is 8.02. The maximum absolute atomic E-state index is 13.0. The van der Waals surface area contributed by atoms with Crippen LogP contribution in [-0.2, 0) is 0 Å². The Morgan fingerprint density at radius 2 is 1.37 bits per heavy atom. The average Bonchev–Trinajstić information content (AvgIpc) is 3.17. The molecule has 0 unspecified atom stereocenters. The molecular weight excluding hydrogens is 372 g/mol. The Kier molecular flexibility index (Phi) is 5.19. The zero-order chi connectivity index (χ0) is 21.3. The van der Waals surface area contributed by atoms with Gasteiger partial charge in [0.15, 0.2) is 5.82 Å². The number of aromatic nitrogens is 3. The number of anilines is 1. The average molecular weight is 396 g/mol. The molecule has 150 valence electrons. The van der Waals surface area contributed by atoms with Gasteiger partial charge >= 0.3 is 0 Å². The van der Waals surface area contributed by atoms with Gasteiger partial charge in [-0.1, -0.05) is 65.7 Å². The molecule has 0 bridgehead atoms. The van der Waals surface area contributed by atoms with E-state index in [1.54, 1.807) is 4.68 Å². The molecule has 5 nitrogen and oxygen atoms in total. The van der Waals surface area contributed by atoms with E-state index in [1.165, 1.54) is 0 Å². The lowest BCUT2D eigenvalue weighted by Gasteiger charge is -2.09. The second-order valence-electron chi connectivity index (χ2n) is 7.59. The molecule has 0 aliphatic carbocycles. The lowest BCUT2D eigenvalue weighted by atomic mass is 10.1. The third-order valence-corrected chi connectivity index (χ3v) is 5.12. The van der Waals surface area contributed by atoms with E-state index in [2.05, 4.69) is 15.4 Å². The smallest absolute Gasteiger partial charge is 0.295 e. The number of carbonyl (C=O) groups is 1. The van der Waals surface area contributed by atoms with Crippen LogP contribution in [0.15, 0.2) is 66.7 Å². The first kappa shape index (κ1) is 19.6. The summed E-state index contributed by atoms with van der Waals surface area (Å²) in [7, 11) is 0. The van der Waals surface area contributed by atoms with Crippen LogP contribution in [0.25, 0.3) is 17.1 Å². The molecule has 1 heterocycles. The zero-order valence-electron chi connectivity index (χ0n) is 17.6. The Morgan fingerprint density at radius 3 is 1.97 bits per heavy atom. The minimum atomic E-state index is -0.327. The number of amides is 1. The van der Waals surface area contributed by atoms with Crippen molar-refractivity contribution in [2.45, 2.75) is 27.7 Å². The van der Waals surface area contributed by atoms with Crippen molar-refractivity contribution in [2.24, 2.45) is 0 Å². The van der Waals surface area contributed by atoms with Crippen LogP contribution in [0, 0.1) is 27.7 Å². The summed E-state index contributed by atoms with van der Waals surface area (Å²) in [6.07, 6.45) is 0. The fraction of sp³-hybridized carbons (Fsp3) is 0.160. The van der Waals surface area contributed by atoms with E-state index in [-0.39, 0.29) is 11.7 Å². The molecule has 1 amide bonds. The maximum atomic E-state index is 13.0. The van der Waals surface area contributed by atoms with Crippen LogP contribution >= 0.6 is 0 Å². The quantitative estimate of drug-likeness (QED) is 0.501. The highest BCUT2D eigenvalue weighted by atomic mass is 16.2. The first-order valence-corrected chi connectivity index (χ1v) is 9.91. The van der Waals surface area contributed by atoms with Crippen LogP contribution < -0.4 is 5.32 Å². The van der Waals surface area contributed by atoms with Crippen LogP contribution in [0.5, 0.6) is 0 Å². The minimum absolute atomic E-state index is 0.133. The van der Waals surface area contributed by atoms with E-state index >= 15 is 0 Å². The van der Waals surface area contributed by atoms with E-state index in [9.17, 15) is 4.79 Å². The molecule has 0 aliphatic heterocycles. The molecular formula is C25H24N4O. The normalized spacial score (nSPS) is 10.8. The number of para-hydroxylation sites is 1. The van der Waals surface area contributed by atoms with Gasteiger partial charge in [0.2, 0.25) is 5.82 Å². The molecule has 5 heteroatoms. The molecule has 30 heavy (non-hydrogen) atoms. The van der Waals surface area contributed by atoms with Crippen LogP contribution in [0.3, 0.4) is 0 Å². The minimum Gasteiger partial charge on any atom is -0.319 e. The highest BCUT2D eigenvalue weighted by molar-refractivity contribution is 6.02. The molecule has 1 aromatic heterocycles. The number of hydrogen-bond acceptors (Lipinski definition) is 3. The van der Waals surface area contributed by atoms with Crippen LogP contribution in [0.1, 0.15) is 32.9 Å². The fourth-order valence-electron chi connectivity index (χ4n) is 3.34. The Bertz CT molecular complexity index is 1120. The summed E-state index contributed by atoms with van der Waals surface area (Å²) < 4.78 is 1.73. The van der Waals surface area contributed by atoms with Gasteiger partial charge in [-0.2, -0.15) is 0 Å². The first-order chi connectivity index (χ1) is 14.4. The largest absolute Gasteiger partial charge is 0.319 e. The molecule has 1 N–H and O–H groups in total. The Balaban J connectivity index is 1.77. The molecule has 4 aromatic rings. The number of nitrogens with one attached hydrogen (secondary N) is 1. The van der Waals surface area contributed by atoms with Gasteiger partial charge in [0.05, 0.1) is 5.69 Å². The second kappa shape index (κ2) is 7.95. The lowest BCUT2D eigenvalue weighted by Crippen LogP contribution is -2.16. The first-order valence-electron chi connectivity index (χ1n) is 9.91. The van der Waals surface area contributed by atoms with Gasteiger partial charge in [-0.05, 0) is 51.0 Å². The summed E-state index contributed by atoms with van der Waals surface area (Å²) >= 11 is 0.